The normalized spacial score (nSPS) is 10.0. The van der Waals surface area contributed by atoms with Crippen LogP contribution >= 0.6 is 0 Å². The number of amides is 1. The number of nitrogens with one attached hydrogen (secondary N) is 1. The average molecular weight is 359 g/mol. The predicted molar refractivity (Wildman–Crippen MR) is 88.3 cm³/mol. The van der Waals surface area contributed by atoms with Crippen molar-refractivity contribution in [3.8, 4) is 0 Å². The van der Waals surface area contributed by atoms with Gasteiger partial charge >= 0.3 is 17.3 Å². The van der Waals surface area contributed by atoms with Crippen LogP contribution in [0.4, 0.5) is 11.4 Å². The lowest BCUT2D eigenvalue weighted by atomic mass is 10.1. The van der Waals surface area contributed by atoms with Crippen molar-refractivity contribution in [3.05, 3.63) is 79.9 Å². The van der Waals surface area contributed by atoms with Crippen molar-refractivity contribution < 1.29 is 24.2 Å². The Kier molecular flexibility index (Phi) is 5.93. The second-order valence-corrected chi connectivity index (χ2v) is 5.05. The zero-order chi connectivity index (χ0) is 19.1. The van der Waals surface area contributed by atoms with Gasteiger partial charge in [-0.15, -0.1) is 0 Å². The van der Waals surface area contributed by atoms with E-state index in [-0.39, 0.29) is 12.2 Å². The van der Waals surface area contributed by atoms with Gasteiger partial charge in [0.15, 0.2) is 0 Å². The molecule has 0 radical (unpaired) electrons. The van der Waals surface area contributed by atoms with E-state index < -0.39 is 39.6 Å². The maximum absolute atomic E-state index is 12.0. The first-order valence-electron chi connectivity index (χ1n) is 7.29. The molecule has 2 aromatic carbocycles. The highest BCUT2D eigenvalue weighted by atomic mass is 16.6. The summed E-state index contributed by atoms with van der Waals surface area (Å²) in [4.78, 5) is 43.4. The number of rotatable bonds is 7. The smallest absolute Gasteiger partial charge is 0.346 e. The highest BCUT2D eigenvalue weighted by Crippen LogP contribution is 2.27. The number of carbonyl (C=O) groups excluding carboxylic acids is 2. The van der Waals surface area contributed by atoms with Crippen molar-refractivity contribution in [2.45, 2.75) is 6.61 Å². The highest BCUT2D eigenvalue weighted by molar-refractivity contribution is 5.97. The van der Waals surface area contributed by atoms with Crippen LogP contribution in [0.2, 0.25) is 0 Å². The number of esters is 1. The van der Waals surface area contributed by atoms with Gasteiger partial charge < -0.3 is 10.1 Å². The van der Waals surface area contributed by atoms with Gasteiger partial charge in [0.05, 0.1) is 9.85 Å². The Bertz CT molecular complexity index is 852. The lowest BCUT2D eigenvalue weighted by Crippen LogP contribution is -2.30. The number of nitro groups is 2. The zero-order valence-corrected chi connectivity index (χ0v) is 13.3. The first kappa shape index (κ1) is 18.5. The summed E-state index contributed by atoms with van der Waals surface area (Å²) in [6.07, 6.45) is 0. The van der Waals surface area contributed by atoms with Gasteiger partial charge in [0, 0.05) is 17.7 Å². The van der Waals surface area contributed by atoms with Gasteiger partial charge in [0.2, 0.25) is 0 Å². The van der Waals surface area contributed by atoms with E-state index in [1.54, 1.807) is 24.3 Å². The molecule has 10 nitrogen and oxygen atoms in total. The predicted octanol–water partition coefficient (Wildman–Crippen LogP) is 1.98. The maximum Gasteiger partial charge on any atom is 0.346 e. The third-order valence-corrected chi connectivity index (χ3v) is 3.27. The number of hydrogen-bond acceptors (Lipinski definition) is 7. The molecule has 0 aromatic heterocycles. The minimum Gasteiger partial charge on any atom is -0.460 e. The number of nitro benzene ring substituents is 2. The van der Waals surface area contributed by atoms with Crippen LogP contribution in [0.25, 0.3) is 0 Å². The Hall–Kier alpha value is -3.82. The number of carbonyl (C=O) groups is 2. The maximum atomic E-state index is 12.0. The Morgan fingerprint density at radius 2 is 1.62 bits per heavy atom. The van der Waals surface area contributed by atoms with Gasteiger partial charge in [-0.3, -0.25) is 29.8 Å². The molecule has 0 spiro atoms. The van der Waals surface area contributed by atoms with E-state index in [1.165, 1.54) is 0 Å². The van der Waals surface area contributed by atoms with Crippen LogP contribution < -0.4 is 5.32 Å². The molecule has 0 aliphatic heterocycles. The highest BCUT2D eigenvalue weighted by Gasteiger charge is 2.25. The Labute approximate surface area is 146 Å². The van der Waals surface area contributed by atoms with Crippen molar-refractivity contribution in [2.75, 3.05) is 6.54 Å². The van der Waals surface area contributed by atoms with Crippen molar-refractivity contribution in [2.24, 2.45) is 0 Å². The third-order valence-electron chi connectivity index (χ3n) is 3.27. The summed E-state index contributed by atoms with van der Waals surface area (Å²) in [6.45, 7) is -0.408. The van der Waals surface area contributed by atoms with E-state index in [2.05, 4.69) is 5.32 Å². The molecule has 26 heavy (non-hydrogen) atoms. The Morgan fingerprint density at radius 3 is 2.23 bits per heavy atom. The topological polar surface area (TPSA) is 142 Å². The zero-order valence-electron chi connectivity index (χ0n) is 13.3. The molecular weight excluding hydrogens is 346 g/mol. The molecule has 1 amide bonds. The molecule has 0 heterocycles. The molecule has 10 heteroatoms. The van der Waals surface area contributed by atoms with E-state index in [4.69, 9.17) is 4.74 Å². The standard InChI is InChI=1S/C16H13N3O7/c20-15(26-10-11-4-2-1-3-5-11)9-17-16(21)12-6-7-13(18(22)23)14(8-12)19(24)25/h1-8H,9-10H2,(H,17,21). The molecule has 0 saturated heterocycles. The fraction of sp³-hybridized carbons (Fsp3) is 0.125. The van der Waals surface area contributed by atoms with Crippen molar-refractivity contribution in [1.82, 2.24) is 5.32 Å². The lowest BCUT2D eigenvalue weighted by Gasteiger charge is -2.07. The van der Waals surface area contributed by atoms with Crippen LogP contribution in [0.1, 0.15) is 15.9 Å². The minimum atomic E-state index is -0.955. The second kappa shape index (κ2) is 8.33. The summed E-state index contributed by atoms with van der Waals surface area (Å²) in [5.74, 6) is -1.49. The summed E-state index contributed by atoms with van der Waals surface area (Å²) >= 11 is 0. The fourth-order valence-electron chi connectivity index (χ4n) is 2.01. The summed E-state index contributed by atoms with van der Waals surface area (Å²) in [5, 5.41) is 23.9. The fourth-order valence-corrected chi connectivity index (χ4v) is 2.01. The molecule has 2 aromatic rings. The molecule has 1 N–H and O–H groups in total. The first-order valence-corrected chi connectivity index (χ1v) is 7.29. The van der Waals surface area contributed by atoms with Crippen LogP contribution in [0.15, 0.2) is 48.5 Å². The summed E-state index contributed by atoms with van der Waals surface area (Å²) in [5.41, 5.74) is -0.945. The SMILES string of the molecule is O=C(CNC(=O)c1ccc([N+](=O)[O-])c([N+](=O)[O-])c1)OCc1ccccc1. The molecule has 134 valence electrons. The van der Waals surface area contributed by atoms with Crippen molar-refractivity contribution in [1.29, 1.82) is 0 Å². The summed E-state index contributed by atoms with van der Waals surface area (Å²) in [6, 6.07) is 11.6. The minimum absolute atomic E-state index is 0.0402. The molecule has 0 aliphatic carbocycles. The van der Waals surface area contributed by atoms with Gasteiger partial charge in [-0.25, -0.2) is 0 Å². The van der Waals surface area contributed by atoms with Gasteiger partial charge in [-0.2, -0.15) is 0 Å². The molecule has 0 atom stereocenters. The quantitative estimate of drug-likeness (QED) is 0.452. The van der Waals surface area contributed by atoms with Gasteiger partial charge in [-0.05, 0) is 11.6 Å². The molecular formula is C16H13N3O7. The van der Waals surface area contributed by atoms with E-state index in [0.29, 0.717) is 0 Å². The van der Waals surface area contributed by atoms with Crippen LogP contribution in [-0.4, -0.2) is 28.3 Å². The molecule has 0 unspecified atom stereocenters. The van der Waals surface area contributed by atoms with Gasteiger partial charge in [-0.1, -0.05) is 30.3 Å². The molecule has 2 rings (SSSR count). The molecule has 0 fully saturated rings. The van der Waals surface area contributed by atoms with Gasteiger partial charge in [0.1, 0.15) is 13.2 Å². The van der Waals surface area contributed by atoms with E-state index in [0.717, 1.165) is 23.8 Å². The number of benzene rings is 2. The van der Waals surface area contributed by atoms with E-state index in [1.807, 2.05) is 6.07 Å². The monoisotopic (exact) mass is 359 g/mol. The Morgan fingerprint density at radius 1 is 0.962 bits per heavy atom. The molecule has 0 aliphatic rings. The molecule has 0 bridgehead atoms. The average Bonchev–Trinajstić information content (AvgIpc) is 2.64. The number of nitrogens with zero attached hydrogens (tertiary/aromatic N) is 2. The third kappa shape index (κ3) is 4.84. The second-order valence-electron chi connectivity index (χ2n) is 5.05. The molecule has 0 saturated carbocycles. The van der Waals surface area contributed by atoms with Crippen LogP contribution in [0.3, 0.4) is 0 Å². The largest absolute Gasteiger partial charge is 0.460 e. The van der Waals surface area contributed by atoms with Crippen LogP contribution in [-0.2, 0) is 16.1 Å². The Balaban J connectivity index is 1.95. The van der Waals surface area contributed by atoms with Crippen LogP contribution in [0.5, 0.6) is 0 Å². The number of hydrogen-bond donors (Lipinski definition) is 1. The van der Waals surface area contributed by atoms with Crippen molar-refractivity contribution >= 4 is 23.3 Å². The summed E-state index contributed by atoms with van der Waals surface area (Å²) in [7, 11) is 0. The van der Waals surface area contributed by atoms with E-state index in [9.17, 15) is 29.8 Å². The first-order chi connectivity index (χ1) is 12.4. The van der Waals surface area contributed by atoms with E-state index >= 15 is 0 Å². The lowest BCUT2D eigenvalue weighted by molar-refractivity contribution is -0.422. The summed E-state index contributed by atoms with van der Waals surface area (Å²) < 4.78 is 4.98. The number of ether oxygens (including phenoxy) is 1. The van der Waals surface area contributed by atoms with Crippen molar-refractivity contribution in [3.63, 3.8) is 0 Å². The van der Waals surface area contributed by atoms with Gasteiger partial charge in [0.25, 0.3) is 5.91 Å². The van der Waals surface area contributed by atoms with Crippen LogP contribution in [0, 0.1) is 20.2 Å².